The van der Waals surface area contributed by atoms with Crippen LogP contribution in [-0.2, 0) is 0 Å². The summed E-state index contributed by atoms with van der Waals surface area (Å²) in [7, 11) is 4.36. The van der Waals surface area contributed by atoms with Gasteiger partial charge in [0.05, 0.1) is 6.54 Å². The van der Waals surface area contributed by atoms with Crippen molar-refractivity contribution in [1.82, 2.24) is 15.1 Å². The molecule has 1 aliphatic heterocycles. The van der Waals surface area contributed by atoms with Crippen LogP contribution in [0.15, 0.2) is 4.99 Å². The van der Waals surface area contributed by atoms with Crippen molar-refractivity contribution in [3.63, 3.8) is 0 Å². The maximum absolute atomic E-state index is 4.87. The van der Waals surface area contributed by atoms with Crippen molar-refractivity contribution in [3.8, 4) is 0 Å². The third-order valence-electron chi connectivity index (χ3n) is 4.00. The second-order valence-corrected chi connectivity index (χ2v) is 5.76. The zero-order valence-electron chi connectivity index (χ0n) is 12.6. The summed E-state index contributed by atoms with van der Waals surface area (Å²) < 4.78 is 0. The van der Waals surface area contributed by atoms with Crippen molar-refractivity contribution in [2.75, 3.05) is 40.3 Å². The number of guanidine groups is 1. The molecule has 0 aromatic carbocycles. The molecule has 1 aliphatic carbocycles. The monoisotopic (exact) mass is 380 g/mol. The number of nitrogens with one attached hydrogen (secondary N) is 1. The van der Waals surface area contributed by atoms with Crippen molar-refractivity contribution in [2.24, 2.45) is 10.9 Å². The number of likely N-dealkylation sites (tertiary alicyclic amines) is 1. The fourth-order valence-corrected chi connectivity index (χ4v) is 2.75. The summed E-state index contributed by atoms with van der Waals surface area (Å²) >= 11 is 0. The van der Waals surface area contributed by atoms with Crippen molar-refractivity contribution in [1.29, 1.82) is 0 Å². The molecule has 1 atom stereocenters. The van der Waals surface area contributed by atoms with Crippen LogP contribution in [0, 0.1) is 5.92 Å². The van der Waals surface area contributed by atoms with E-state index in [9.17, 15) is 0 Å². The van der Waals surface area contributed by atoms with Crippen LogP contribution in [0.5, 0.6) is 0 Å². The van der Waals surface area contributed by atoms with Gasteiger partial charge in [0.1, 0.15) is 0 Å². The van der Waals surface area contributed by atoms with Crippen LogP contribution in [0.2, 0.25) is 0 Å². The lowest BCUT2D eigenvalue weighted by atomic mass is 10.2. The highest BCUT2D eigenvalue weighted by molar-refractivity contribution is 14.0. The molecule has 1 unspecified atom stereocenters. The molecule has 0 bridgehead atoms. The zero-order valence-corrected chi connectivity index (χ0v) is 14.9. The maximum atomic E-state index is 4.87. The van der Waals surface area contributed by atoms with E-state index in [-0.39, 0.29) is 24.0 Å². The minimum Gasteiger partial charge on any atom is -0.357 e. The number of hydrogen-bond donors (Lipinski definition) is 1. The first-order valence-corrected chi connectivity index (χ1v) is 7.42. The van der Waals surface area contributed by atoms with Gasteiger partial charge in [0.15, 0.2) is 5.96 Å². The van der Waals surface area contributed by atoms with E-state index in [2.05, 4.69) is 36.1 Å². The smallest absolute Gasteiger partial charge is 0.193 e. The third-order valence-corrected chi connectivity index (χ3v) is 4.00. The van der Waals surface area contributed by atoms with Crippen LogP contribution >= 0.6 is 24.0 Å². The molecule has 0 amide bonds. The summed E-state index contributed by atoms with van der Waals surface area (Å²) in [5.41, 5.74) is 0. The van der Waals surface area contributed by atoms with Crippen LogP contribution in [0.4, 0.5) is 0 Å². The molecule has 1 saturated carbocycles. The Labute approximate surface area is 135 Å². The van der Waals surface area contributed by atoms with Gasteiger partial charge in [-0.15, -0.1) is 24.0 Å². The van der Waals surface area contributed by atoms with E-state index in [0.717, 1.165) is 25.0 Å². The third kappa shape index (κ3) is 5.10. The first kappa shape index (κ1) is 17.0. The Hall–Kier alpha value is -0.0400. The molecule has 1 N–H and O–H groups in total. The lowest BCUT2D eigenvalue weighted by Gasteiger charge is -2.25. The van der Waals surface area contributed by atoms with Crippen molar-refractivity contribution < 1.29 is 0 Å². The number of hydrogen-bond acceptors (Lipinski definition) is 2. The predicted molar refractivity (Wildman–Crippen MR) is 92.4 cm³/mol. The second-order valence-electron chi connectivity index (χ2n) is 5.76. The number of likely N-dealkylation sites (N-methyl/N-ethyl adjacent to an activating group) is 1. The predicted octanol–water partition coefficient (Wildman–Crippen LogP) is 2.01. The number of nitrogens with zero attached hydrogens (tertiary/aromatic N) is 3. The van der Waals surface area contributed by atoms with Gasteiger partial charge in [-0.05, 0) is 52.6 Å². The van der Waals surface area contributed by atoms with Gasteiger partial charge in [0.25, 0.3) is 0 Å². The molecule has 2 aliphatic rings. The van der Waals surface area contributed by atoms with Crippen LogP contribution in [0.3, 0.4) is 0 Å². The Bertz CT molecular complexity index is 281. The van der Waals surface area contributed by atoms with E-state index in [4.69, 9.17) is 4.99 Å². The van der Waals surface area contributed by atoms with E-state index in [1.54, 1.807) is 0 Å². The van der Waals surface area contributed by atoms with Crippen molar-refractivity contribution in [2.45, 2.75) is 38.6 Å². The minimum atomic E-state index is 0. The molecule has 1 heterocycles. The van der Waals surface area contributed by atoms with E-state index in [1.165, 1.54) is 38.8 Å². The van der Waals surface area contributed by atoms with Gasteiger partial charge in [-0.2, -0.15) is 0 Å². The van der Waals surface area contributed by atoms with Crippen LogP contribution in [0.25, 0.3) is 0 Å². The van der Waals surface area contributed by atoms with Gasteiger partial charge in [0, 0.05) is 25.7 Å². The molecule has 112 valence electrons. The number of halogens is 1. The van der Waals surface area contributed by atoms with E-state index in [1.807, 2.05) is 0 Å². The first-order chi connectivity index (χ1) is 8.72. The summed E-state index contributed by atoms with van der Waals surface area (Å²) in [5, 5.41) is 3.44. The number of rotatable bonds is 5. The molecule has 0 aromatic rings. The summed E-state index contributed by atoms with van der Waals surface area (Å²) in [6.07, 6.45) is 5.39. The zero-order chi connectivity index (χ0) is 13.0. The van der Waals surface area contributed by atoms with Gasteiger partial charge >= 0.3 is 0 Å². The van der Waals surface area contributed by atoms with Gasteiger partial charge in [-0.3, -0.25) is 4.99 Å². The highest BCUT2D eigenvalue weighted by Gasteiger charge is 2.32. The quantitative estimate of drug-likeness (QED) is 0.450. The molecule has 0 aromatic heterocycles. The molecule has 4 nitrogen and oxygen atoms in total. The van der Waals surface area contributed by atoms with E-state index in [0.29, 0.717) is 6.04 Å². The minimum absolute atomic E-state index is 0. The van der Waals surface area contributed by atoms with Crippen LogP contribution in [0.1, 0.15) is 32.6 Å². The largest absolute Gasteiger partial charge is 0.357 e. The summed E-state index contributed by atoms with van der Waals surface area (Å²) in [6, 6.07) is 0.626. The summed E-state index contributed by atoms with van der Waals surface area (Å²) in [5.74, 6) is 2.01. The molecule has 2 fully saturated rings. The van der Waals surface area contributed by atoms with Gasteiger partial charge in [0.2, 0.25) is 0 Å². The Balaban J connectivity index is 0.00000180. The van der Waals surface area contributed by atoms with Crippen LogP contribution in [-0.4, -0.2) is 62.1 Å². The average molecular weight is 380 g/mol. The molecular weight excluding hydrogens is 351 g/mol. The second kappa shape index (κ2) is 8.29. The molecule has 2 rings (SSSR count). The molecule has 0 spiro atoms. The summed E-state index contributed by atoms with van der Waals surface area (Å²) in [6.45, 7) is 6.39. The molecular formula is C14H29IN4. The topological polar surface area (TPSA) is 30.9 Å². The Kier molecular flexibility index (Phi) is 7.42. The Morgan fingerprint density at radius 1 is 1.32 bits per heavy atom. The Morgan fingerprint density at radius 3 is 2.42 bits per heavy atom. The average Bonchev–Trinajstić information content (AvgIpc) is 3.02. The van der Waals surface area contributed by atoms with Gasteiger partial charge < -0.3 is 15.1 Å². The normalized spacial score (nSPS) is 21.5. The highest BCUT2D eigenvalue weighted by atomic mass is 127. The molecule has 19 heavy (non-hydrogen) atoms. The summed E-state index contributed by atoms with van der Waals surface area (Å²) in [4.78, 5) is 9.62. The van der Waals surface area contributed by atoms with Crippen molar-refractivity contribution >= 4 is 29.9 Å². The lowest BCUT2D eigenvalue weighted by Crippen LogP contribution is -2.41. The van der Waals surface area contributed by atoms with Crippen LogP contribution < -0.4 is 5.32 Å². The fourth-order valence-electron chi connectivity index (χ4n) is 2.75. The van der Waals surface area contributed by atoms with Gasteiger partial charge in [-0.25, -0.2) is 0 Å². The molecule has 5 heteroatoms. The maximum Gasteiger partial charge on any atom is 0.193 e. The lowest BCUT2D eigenvalue weighted by molar-refractivity contribution is 0.270. The number of aliphatic imine (C=N–C) groups is 1. The van der Waals surface area contributed by atoms with Gasteiger partial charge in [-0.1, -0.05) is 0 Å². The highest BCUT2D eigenvalue weighted by Crippen LogP contribution is 2.34. The molecule has 1 saturated heterocycles. The first-order valence-electron chi connectivity index (χ1n) is 7.42. The molecule has 0 radical (unpaired) electrons. The standard InChI is InChI=1S/C14H28N4.HI/c1-4-15-14(18-9-5-6-10-18)16-11-13(17(2)3)12-7-8-12;/h12-13H,4-11H2,1-3H3,(H,15,16);1H. The van der Waals surface area contributed by atoms with E-state index >= 15 is 0 Å². The SMILES string of the molecule is CCNC(=NCC(C1CC1)N(C)C)N1CCCC1.I. The Morgan fingerprint density at radius 2 is 1.95 bits per heavy atom. The fraction of sp³-hybridized carbons (Fsp3) is 0.929. The van der Waals surface area contributed by atoms with Crippen molar-refractivity contribution in [3.05, 3.63) is 0 Å². The van der Waals surface area contributed by atoms with E-state index < -0.39 is 0 Å².